The molecule has 0 heterocycles. The summed E-state index contributed by atoms with van der Waals surface area (Å²) in [5.41, 5.74) is 0. The molecule has 0 unspecified atom stereocenters. The van der Waals surface area contributed by atoms with Gasteiger partial charge in [-0.25, -0.2) is 0 Å². The van der Waals surface area contributed by atoms with Crippen molar-refractivity contribution in [3.63, 3.8) is 0 Å². The molecular weight excluding hydrogens is 167 g/mol. The molecule has 1 fully saturated rings. The Labute approximate surface area is 91.1 Å². The van der Waals surface area contributed by atoms with E-state index in [1.54, 1.807) is 0 Å². The third-order valence-corrected chi connectivity index (χ3v) is 3.83. The van der Waals surface area contributed by atoms with Gasteiger partial charge in [0, 0.05) is 0 Å². The summed E-state index contributed by atoms with van der Waals surface area (Å²) in [5.74, 6) is 2.08. The lowest BCUT2D eigenvalue weighted by Crippen LogP contribution is -2.08. The van der Waals surface area contributed by atoms with Crippen LogP contribution in [0.4, 0.5) is 0 Å². The lowest BCUT2D eigenvalue weighted by Gasteiger charge is -2.21. The average Bonchev–Trinajstić information content (AvgIpc) is 2.14. The monoisotopic (exact) mass is 194 g/mol. The highest BCUT2D eigenvalue weighted by atomic mass is 14.1. The first-order valence-electron chi connectivity index (χ1n) is 6.83. The minimum absolute atomic E-state index is 1.01. The highest BCUT2D eigenvalue weighted by Gasteiger charge is 2.14. The molecule has 0 aromatic carbocycles. The van der Waals surface area contributed by atoms with Crippen molar-refractivity contribution in [1.82, 2.24) is 0 Å². The molecule has 0 amide bonds. The molecule has 0 nitrogen and oxygen atoms in total. The third-order valence-electron chi connectivity index (χ3n) is 3.83. The van der Waals surface area contributed by atoms with Crippen LogP contribution in [-0.4, -0.2) is 7.28 Å². The lowest BCUT2D eigenvalue weighted by molar-refractivity contribution is 0.402. The van der Waals surface area contributed by atoms with E-state index in [0.717, 1.165) is 11.7 Å². The smallest absolute Gasteiger partial charge is 0.0772 e. The van der Waals surface area contributed by atoms with Gasteiger partial charge in [-0.3, -0.25) is 0 Å². The molecular formula is C13H27B. The molecule has 14 heavy (non-hydrogen) atoms. The van der Waals surface area contributed by atoms with Crippen LogP contribution in [0.1, 0.15) is 65.2 Å². The Kier molecular flexibility index (Phi) is 6.39. The van der Waals surface area contributed by atoms with Gasteiger partial charge in [0.2, 0.25) is 0 Å². The molecule has 1 aliphatic rings. The fourth-order valence-corrected chi connectivity index (χ4v) is 2.77. The van der Waals surface area contributed by atoms with E-state index in [2.05, 4.69) is 13.8 Å². The first kappa shape index (κ1) is 12.1. The van der Waals surface area contributed by atoms with Gasteiger partial charge in [-0.2, -0.15) is 0 Å². The zero-order valence-corrected chi connectivity index (χ0v) is 10.2. The quantitative estimate of drug-likeness (QED) is 0.459. The van der Waals surface area contributed by atoms with Crippen LogP contribution >= 0.6 is 0 Å². The zero-order chi connectivity index (χ0) is 10.2. The second kappa shape index (κ2) is 7.37. The summed E-state index contributed by atoms with van der Waals surface area (Å²) >= 11 is 0. The van der Waals surface area contributed by atoms with Gasteiger partial charge in [0.1, 0.15) is 7.28 Å². The van der Waals surface area contributed by atoms with Crippen LogP contribution in [0.15, 0.2) is 0 Å². The Hall–Kier alpha value is 0.0649. The van der Waals surface area contributed by atoms with Crippen LogP contribution < -0.4 is 0 Å². The summed E-state index contributed by atoms with van der Waals surface area (Å²) < 4.78 is 0. The molecule has 0 aromatic rings. The Morgan fingerprint density at radius 1 is 1.07 bits per heavy atom. The highest BCUT2D eigenvalue weighted by Crippen LogP contribution is 2.29. The molecule has 0 spiro atoms. The van der Waals surface area contributed by atoms with Crippen LogP contribution in [0.5, 0.6) is 0 Å². The highest BCUT2D eigenvalue weighted by molar-refractivity contribution is 6.37. The van der Waals surface area contributed by atoms with Gasteiger partial charge in [0.05, 0.1) is 0 Å². The number of unbranched alkanes of at least 4 members (excludes halogenated alkanes) is 1. The van der Waals surface area contributed by atoms with E-state index in [9.17, 15) is 0 Å². The molecule has 1 aliphatic carbocycles. The Bertz CT molecular complexity index is 120. The molecule has 0 radical (unpaired) electrons. The first-order chi connectivity index (χ1) is 6.83. The summed E-state index contributed by atoms with van der Waals surface area (Å²) in [4.78, 5) is 0. The van der Waals surface area contributed by atoms with E-state index < -0.39 is 0 Å². The van der Waals surface area contributed by atoms with Crippen LogP contribution in [0.2, 0.25) is 12.1 Å². The molecule has 1 saturated carbocycles. The van der Waals surface area contributed by atoms with Crippen molar-refractivity contribution in [3.05, 3.63) is 0 Å². The Morgan fingerprint density at radius 3 is 2.29 bits per heavy atom. The lowest BCUT2D eigenvalue weighted by atomic mass is 9.57. The number of hydrogen-bond acceptors (Lipinski definition) is 0. The predicted molar refractivity (Wildman–Crippen MR) is 67.5 cm³/mol. The summed E-state index contributed by atoms with van der Waals surface area (Å²) in [6.07, 6.45) is 13.3. The van der Waals surface area contributed by atoms with Crippen LogP contribution in [0.3, 0.4) is 0 Å². The topological polar surface area (TPSA) is 0 Å². The van der Waals surface area contributed by atoms with Gasteiger partial charge in [-0.15, -0.1) is 0 Å². The predicted octanol–water partition coefficient (Wildman–Crippen LogP) is 4.42. The zero-order valence-electron chi connectivity index (χ0n) is 10.2. The van der Waals surface area contributed by atoms with Crippen molar-refractivity contribution < 1.29 is 0 Å². The normalized spacial score (nSPS) is 29.3. The number of hydrogen-bond donors (Lipinski definition) is 0. The summed E-state index contributed by atoms with van der Waals surface area (Å²) in [7, 11) is 1.52. The third kappa shape index (κ3) is 5.07. The molecule has 0 atom stereocenters. The van der Waals surface area contributed by atoms with Gasteiger partial charge in [-0.05, 0) is 5.92 Å². The summed E-state index contributed by atoms with van der Waals surface area (Å²) in [6.45, 7) is 4.73. The van der Waals surface area contributed by atoms with E-state index in [1.807, 2.05) is 0 Å². The van der Waals surface area contributed by atoms with Gasteiger partial charge < -0.3 is 0 Å². The van der Waals surface area contributed by atoms with Crippen LogP contribution in [0, 0.1) is 5.92 Å². The maximum absolute atomic E-state index is 2.43. The SMILES string of the molecule is CCCCBC1CCCC(C)CCC1. The molecule has 1 heteroatoms. The minimum Gasteiger partial charge on any atom is -0.0772 e. The average molecular weight is 194 g/mol. The van der Waals surface area contributed by atoms with E-state index >= 15 is 0 Å². The Morgan fingerprint density at radius 2 is 1.71 bits per heavy atom. The molecule has 0 bridgehead atoms. The van der Waals surface area contributed by atoms with Crippen molar-refractivity contribution in [1.29, 1.82) is 0 Å². The maximum Gasteiger partial charge on any atom is 0.124 e. The first-order valence-corrected chi connectivity index (χ1v) is 6.83. The van der Waals surface area contributed by atoms with Crippen LogP contribution in [0.25, 0.3) is 0 Å². The van der Waals surface area contributed by atoms with E-state index in [0.29, 0.717) is 0 Å². The molecule has 0 aliphatic heterocycles. The molecule has 1 rings (SSSR count). The fraction of sp³-hybridized carbons (Fsp3) is 1.00. The molecule has 82 valence electrons. The van der Waals surface area contributed by atoms with Crippen molar-refractivity contribution in [2.24, 2.45) is 5.92 Å². The van der Waals surface area contributed by atoms with Gasteiger partial charge in [-0.1, -0.05) is 77.4 Å². The fourth-order valence-electron chi connectivity index (χ4n) is 2.77. The minimum atomic E-state index is 1.01. The van der Waals surface area contributed by atoms with Gasteiger partial charge in [0.25, 0.3) is 0 Å². The standard InChI is InChI=1S/C13H27B/c1-3-4-11-14-13-9-5-7-12(2)8-6-10-13/h12-14H,3-11H2,1-2H3. The molecule has 0 saturated heterocycles. The van der Waals surface area contributed by atoms with E-state index in [1.165, 1.54) is 65.0 Å². The second-order valence-corrected chi connectivity index (χ2v) is 5.33. The van der Waals surface area contributed by atoms with Crippen molar-refractivity contribution >= 4 is 7.28 Å². The maximum atomic E-state index is 2.43. The van der Waals surface area contributed by atoms with Crippen LogP contribution in [-0.2, 0) is 0 Å². The van der Waals surface area contributed by atoms with Crippen molar-refractivity contribution in [2.45, 2.75) is 77.4 Å². The van der Waals surface area contributed by atoms with Crippen molar-refractivity contribution in [3.8, 4) is 0 Å². The Balaban J connectivity index is 2.12. The summed E-state index contributed by atoms with van der Waals surface area (Å²) in [5, 5.41) is 0. The van der Waals surface area contributed by atoms with Gasteiger partial charge >= 0.3 is 0 Å². The number of rotatable bonds is 4. The second-order valence-electron chi connectivity index (χ2n) is 5.33. The largest absolute Gasteiger partial charge is 0.124 e. The van der Waals surface area contributed by atoms with Crippen molar-refractivity contribution in [2.75, 3.05) is 0 Å². The summed E-state index contributed by atoms with van der Waals surface area (Å²) in [6, 6.07) is 0. The van der Waals surface area contributed by atoms with E-state index in [-0.39, 0.29) is 0 Å². The van der Waals surface area contributed by atoms with Gasteiger partial charge in [0.15, 0.2) is 0 Å². The molecule has 0 aromatic heterocycles. The van der Waals surface area contributed by atoms with E-state index in [4.69, 9.17) is 0 Å². The molecule has 0 N–H and O–H groups in total.